The van der Waals surface area contributed by atoms with E-state index in [9.17, 15) is 0 Å². The quantitative estimate of drug-likeness (QED) is 0.410. The predicted molar refractivity (Wildman–Crippen MR) is 110 cm³/mol. The summed E-state index contributed by atoms with van der Waals surface area (Å²) < 4.78 is 0. The molecule has 0 spiro atoms. The maximum absolute atomic E-state index is 2.36. The van der Waals surface area contributed by atoms with Crippen LogP contribution in [-0.4, -0.2) is 0 Å². The highest BCUT2D eigenvalue weighted by Gasteiger charge is 2.27. The van der Waals surface area contributed by atoms with E-state index in [-0.39, 0.29) is 17.0 Å². The van der Waals surface area contributed by atoms with Crippen molar-refractivity contribution in [3.63, 3.8) is 0 Å². The van der Waals surface area contributed by atoms with E-state index in [1.54, 1.807) is 5.30 Å². The number of hydrogen-bond acceptors (Lipinski definition) is 0. The van der Waals surface area contributed by atoms with E-state index in [0.717, 1.165) is 0 Å². The Hall–Kier alpha value is -1.43. The van der Waals surface area contributed by atoms with Crippen molar-refractivity contribution < 1.29 is 17.0 Å². The summed E-state index contributed by atoms with van der Waals surface area (Å²) in [6.45, 7) is 2.27. The van der Waals surface area contributed by atoms with E-state index >= 15 is 0 Å². The van der Waals surface area contributed by atoms with Gasteiger partial charge in [-0.1, -0.05) is 74.4 Å². The van der Waals surface area contributed by atoms with Crippen LogP contribution in [0.1, 0.15) is 31.7 Å². The molecule has 2 heteroatoms. The molecule has 0 N–H and O–H groups in total. The molecular formula is C23H26BrP. The first-order valence-electron chi connectivity index (χ1n) is 8.96. The van der Waals surface area contributed by atoms with Gasteiger partial charge in [0.25, 0.3) is 0 Å². The summed E-state index contributed by atoms with van der Waals surface area (Å²) in [4.78, 5) is 0. The Kier molecular flexibility index (Phi) is 8.38. The Morgan fingerprint density at radius 2 is 1.16 bits per heavy atom. The zero-order valence-electron chi connectivity index (χ0n) is 14.8. The van der Waals surface area contributed by atoms with Crippen molar-refractivity contribution >= 4 is 23.8 Å². The monoisotopic (exact) mass is 412 g/mol. The fraction of sp³-hybridized carbons (Fsp3) is 0.217. The van der Waals surface area contributed by atoms with Gasteiger partial charge in [0.1, 0.15) is 15.9 Å². The summed E-state index contributed by atoms with van der Waals surface area (Å²) >= 11 is 0. The van der Waals surface area contributed by atoms with Crippen LogP contribution in [0, 0.1) is 0 Å². The van der Waals surface area contributed by atoms with Gasteiger partial charge in [0.05, 0.1) is 7.92 Å². The van der Waals surface area contributed by atoms with Gasteiger partial charge in [-0.3, -0.25) is 0 Å². The van der Waals surface area contributed by atoms with Crippen molar-refractivity contribution in [2.75, 3.05) is 0 Å². The molecule has 0 bridgehead atoms. The van der Waals surface area contributed by atoms with Crippen LogP contribution in [0.5, 0.6) is 0 Å². The third kappa shape index (κ3) is 5.27. The van der Waals surface area contributed by atoms with Crippen LogP contribution in [0.15, 0.2) is 84.9 Å². The largest absolute Gasteiger partial charge is 1.00 e. The molecule has 3 aromatic rings. The number of rotatable bonds is 7. The second-order valence-electron chi connectivity index (χ2n) is 6.22. The first kappa shape index (κ1) is 19.9. The Bertz CT molecular complexity index is 701. The molecule has 25 heavy (non-hydrogen) atoms. The molecule has 0 aliphatic carbocycles. The minimum absolute atomic E-state index is 0. The fourth-order valence-electron chi connectivity index (χ4n) is 3.23. The van der Waals surface area contributed by atoms with E-state index < -0.39 is 7.92 Å². The molecule has 0 atom stereocenters. The molecule has 130 valence electrons. The van der Waals surface area contributed by atoms with Gasteiger partial charge in [0.2, 0.25) is 0 Å². The summed E-state index contributed by atoms with van der Waals surface area (Å²) in [6.07, 6.45) is 5.06. The third-order valence-electron chi connectivity index (χ3n) is 4.46. The van der Waals surface area contributed by atoms with Crippen molar-refractivity contribution in [1.82, 2.24) is 0 Å². The third-order valence-corrected chi connectivity index (χ3v) is 7.31. The number of halogens is 1. The van der Waals surface area contributed by atoms with Gasteiger partial charge in [0, 0.05) is 0 Å². The maximum atomic E-state index is 2.36. The maximum Gasteiger partial charge on any atom is 0.105 e. The second kappa shape index (κ2) is 10.5. The number of hydrogen-bond donors (Lipinski definition) is 0. The SMILES string of the molecule is CCCCCc1ccccc1[PH+](c1ccccc1)c1ccccc1.[Br-]. The van der Waals surface area contributed by atoms with Crippen molar-refractivity contribution in [3.05, 3.63) is 90.5 Å². The normalized spacial score (nSPS) is 10.5. The molecule has 3 rings (SSSR count). The Labute approximate surface area is 163 Å². The summed E-state index contributed by atoms with van der Waals surface area (Å²) in [5.41, 5.74) is 1.53. The summed E-state index contributed by atoms with van der Waals surface area (Å²) in [5.74, 6) is 0. The van der Waals surface area contributed by atoms with Crippen LogP contribution >= 0.6 is 7.92 Å². The highest BCUT2D eigenvalue weighted by atomic mass is 79.9. The summed E-state index contributed by atoms with van der Waals surface area (Å²) in [7, 11) is -0.944. The molecule has 0 aromatic heterocycles. The molecule has 0 nitrogen and oxygen atoms in total. The van der Waals surface area contributed by atoms with Gasteiger partial charge in [-0.25, -0.2) is 0 Å². The van der Waals surface area contributed by atoms with Crippen molar-refractivity contribution in [3.8, 4) is 0 Å². The van der Waals surface area contributed by atoms with Crippen molar-refractivity contribution in [2.45, 2.75) is 32.6 Å². The lowest BCUT2D eigenvalue weighted by Gasteiger charge is -2.14. The zero-order chi connectivity index (χ0) is 16.6. The van der Waals surface area contributed by atoms with Gasteiger partial charge in [-0.15, -0.1) is 0 Å². The number of benzene rings is 3. The zero-order valence-corrected chi connectivity index (χ0v) is 17.4. The van der Waals surface area contributed by atoms with E-state index in [2.05, 4.69) is 91.9 Å². The van der Waals surface area contributed by atoms with Gasteiger partial charge in [-0.05, 0) is 48.7 Å². The first-order valence-corrected chi connectivity index (χ1v) is 10.5. The van der Waals surface area contributed by atoms with Crippen LogP contribution in [0.4, 0.5) is 0 Å². The van der Waals surface area contributed by atoms with Crippen molar-refractivity contribution in [2.24, 2.45) is 0 Å². The molecular weight excluding hydrogens is 387 g/mol. The molecule has 3 aromatic carbocycles. The first-order chi connectivity index (χ1) is 11.9. The van der Waals surface area contributed by atoms with Gasteiger partial charge in [-0.2, -0.15) is 0 Å². The molecule has 0 aliphatic rings. The highest BCUT2D eigenvalue weighted by Crippen LogP contribution is 2.34. The fourth-order valence-corrected chi connectivity index (χ4v) is 6.03. The van der Waals surface area contributed by atoms with Crippen molar-refractivity contribution in [1.29, 1.82) is 0 Å². The molecule has 0 fully saturated rings. The lowest BCUT2D eigenvalue weighted by molar-refractivity contribution is -0.00000473. The summed E-state index contributed by atoms with van der Waals surface area (Å²) in [6, 6.07) is 31.2. The smallest absolute Gasteiger partial charge is 0.105 e. The molecule has 0 saturated heterocycles. The average molecular weight is 413 g/mol. The average Bonchev–Trinajstić information content (AvgIpc) is 2.65. The molecule has 0 unspecified atom stereocenters. The van der Waals surface area contributed by atoms with E-state index in [4.69, 9.17) is 0 Å². The lowest BCUT2D eigenvalue weighted by atomic mass is 10.1. The van der Waals surface area contributed by atoms with Crippen LogP contribution in [0.3, 0.4) is 0 Å². The summed E-state index contributed by atoms with van der Waals surface area (Å²) in [5, 5.41) is 4.49. The molecule has 0 amide bonds. The minimum Gasteiger partial charge on any atom is -1.00 e. The van der Waals surface area contributed by atoms with Gasteiger partial charge in [0.15, 0.2) is 0 Å². The standard InChI is InChI=1S/C23H25P.BrH/c1-2-3-6-13-20-14-11-12-19-23(20)24(21-15-7-4-8-16-21)22-17-9-5-10-18-22;/h4-5,7-12,14-19H,2-3,6,13H2,1H3;1H. The Morgan fingerprint density at radius 1 is 0.640 bits per heavy atom. The van der Waals surface area contributed by atoms with Crippen LogP contribution in [0.2, 0.25) is 0 Å². The predicted octanol–water partition coefficient (Wildman–Crippen LogP) is 1.91. The molecule has 0 saturated carbocycles. The Balaban J connectivity index is 0.00000225. The van der Waals surface area contributed by atoms with Crippen LogP contribution in [-0.2, 0) is 6.42 Å². The topological polar surface area (TPSA) is 0 Å². The molecule has 0 radical (unpaired) electrons. The highest BCUT2D eigenvalue weighted by molar-refractivity contribution is 7.79. The Morgan fingerprint density at radius 3 is 1.72 bits per heavy atom. The van der Waals surface area contributed by atoms with Crippen LogP contribution in [0.25, 0.3) is 0 Å². The van der Waals surface area contributed by atoms with E-state index in [0.29, 0.717) is 0 Å². The lowest BCUT2D eigenvalue weighted by Crippen LogP contribution is -3.00. The van der Waals surface area contributed by atoms with Crippen LogP contribution < -0.4 is 32.9 Å². The van der Waals surface area contributed by atoms with E-state index in [1.807, 2.05) is 0 Å². The minimum atomic E-state index is -0.944. The number of aryl methyl sites for hydroxylation is 1. The second-order valence-corrected chi connectivity index (χ2v) is 8.66. The number of unbranched alkanes of at least 4 members (excludes halogenated alkanes) is 2. The van der Waals surface area contributed by atoms with Gasteiger partial charge < -0.3 is 17.0 Å². The van der Waals surface area contributed by atoms with E-state index in [1.165, 1.54) is 41.9 Å². The molecule has 0 aliphatic heterocycles. The molecule has 0 heterocycles. The van der Waals surface area contributed by atoms with Gasteiger partial charge >= 0.3 is 0 Å².